The standard InChI is InChI=1S/2C8H10.2C5H5.2Cr/c2*1-2-8-6-4-3-5-7-8;2*1-2-4-5-3-1;;/h2*3-7H,2H2,1H3;2*1-3H,4H2;;. The van der Waals surface area contributed by atoms with Crippen molar-refractivity contribution in [1.82, 2.24) is 0 Å². The van der Waals surface area contributed by atoms with Crippen molar-refractivity contribution in [2.24, 2.45) is 0 Å². The van der Waals surface area contributed by atoms with Crippen LogP contribution in [0, 0.1) is 0 Å². The maximum absolute atomic E-state index is 2.26. The van der Waals surface area contributed by atoms with Gasteiger partial charge in [0, 0.05) is 17.4 Å². The molecule has 28 heavy (non-hydrogen) atoms. The zero-order chi connectivity index (χ0) is 19.2. The fraction of sp³-hybridized carbons (Fsp3) is 0.231. The van der Waals surface area contributed by atoms with E-state index in [0.717, 1.165) is 12.8 Å². The minimum absolute atomic E-state index is 0. The van der Waals surface area contributed by atoms with Crippen molar-refractivity contribution >= 4 is 0 Å². The molecular weight excluding hydrogens is 416 g/mol. The van der Waals surface area contributed by atoms with Crippen molar-refractivity contribution in [2.45, 2.75) is 39.5 Å². The van der Waals surface area contributed by atoms with Crippen LogP contribution in [0.25, 0.3) is 0 Å². The van der Waals surface area contributed by atoms with Crippen LogP contribution in [0.1, 0.15) is 37.8 Å². The first-order valence-electron chi connectivity index (χ1n) is 9.79. The Labute approximate surface area is 188 Å². The summed E-state index contributed by atoms with van der Waals surface area (Å²) in [5, 5.41) is 0. The number of aryl methyl sites for hydroxylation is 2. The zero-order valence-electron chi connectivity index (χ0n) is 16.9. The number of allylic oxidation sites excluding steroid dienone is 8. The van der Waals surface area contributed by atoms with Crippen molar-refractivity contribution in [1.29, 1.82) is 0 Å². The Morgan fingerprint density at radius 2 is 1.04 bits per heavy atom. The SMILES string of the molecule is C1=CC[C]([Cr][C]2=CC=CC2)=C1.CCc1ccccc1.CCc1ccccc1.[Cr]. The van der Waals surface area contributed by atoms with E-state index >= 15 is 0 Å². The number of rotatable bonds is 4. The van der Waals surface area contributed by atoms with Crippen molar-refractivity contribution in [3.8, 4) is 0 Å². The second-order valence-corrected chi connectivity index (χ2v) is 8.27. The van der Waals surface area contributed by atoms with E-state index in [1.807, 2.05) is 12.1 Å². The molecule has 2 heteroatoms. The molecular formula is C26H30Cr2. The van der Waals surface area contributed by atoms with Crippen LogP contribution in [-0.4, -0.2) is 0 Å². The molecule has 0 bridgehead atoms. The topological polar surface area (TPSA) is 0 Å². The van der Waals surface area contributed by atoms with Gasteiger partial charge in [0.1, 0.15) is 0 Å². The van der Waals surface area contributed by atoms with Crippen molar-refractivity contribution < 1.29 is 32.6 Å². The van der Waals surface area contributed by atoms with Gasteiger partial charge in [0.15, 0.2) is 0 Å². The molecule has 2 aliphatic rings. The largest absolute Gasteiger partial charge is 0.0622 e. The smallest absolute Gasteiger partial charge is 0 e. The van der Waals surface area contributed by atoms with E-state index in [-0.39, 0.29) is 17.4 Å². The van der Waals surface area contributed by atoms with Crippen LogP contribution in [0.4, 0.5) is 0 Å². The van der Waals surface area contributed by atoms with Crippen LogP contribution >= 0.6 is 0 Å². The molecule has 0 atom stereocenters. The summed E-state index contributed by atoms with van der Waals surface area (Å²) < 4.78 is 3.24. The normalized spacial score (nSPS) is 13.4. The molecule has 0 unspecified atom stereocenters. The van der Waals surface area contributed by atoms with E-state index < -0.39 is 0 Å². The van der Waals surface area contributed by atoms with Gasteiger partial charge in [-0.05, 0) is 24.0 Å². The Bertz CT molecular complexity index is 701. The maximum Gasteiger partial charge on any atom is 0 e. The van der Waals surface area contributed by atoms with E-state index in [0.29, 0.717) is 15.2 Å². The summed E-state index contributed by atoms with van der Waals surface area (Å²) in [5.74, 6) is 0. The first-order chi connectivity index (χ1) is 13.3. The molecule has 0 spiro atoms. The molecule has 0 aromatic heterocycles. The van der Waals surface area contributed by atoms with Gasteiger partial charge >= 0.3 is 73.4 Å². The summed E-state index contributed by atoms with van der Waals surface area (Å²) in [6.45, 7) is 4.32. The minimum atomic E-state index is 0. The van der Waals surface area contributed by atoms with E-state index in [9.17, 15) is 0 Å². The van der Waals surface area contributed by atoms with Crippen molar-refractivity contribution in [3.05, 3.63) is 117 Å². The van der Waals surface area contributed by atoms with Gasteiger partial charge in [-0.2, -0.15) is 0 Å². The van der Waals surface area contributed by atoms with Crippen LogP contribution in [0.3, 0.4) is 0 Å². The summed E-state index contributed by atoms with van der Waals surface area (Å²) in [7, 11) is 0. The summed E-state index contributed by atoms with van der Waals surface area (Å²) in [6, 6.07) is 20.9. The predicted molar refractivity (Wildman–Crippen MR) is 115 cm³/mol. The predicted octanol–water partition coefficient (Wildman–Crippen LogP) is 7.25. The van der Waals surface area contributed by atoms with Gasteiger partial charge in [0.25, 0.3) is 0 Å². The summed E-state index contributed by atoms with van der Waals surface area (Å²) in [4.78, 5) is 0. The third kappa shape index (κ3) is 10.1. The first kappa shape index (κ1) is 24.5. The molecule has 0 radical (unpaired) electrons. The fourth-order valence-corrected chi connectivity index (χ4v) is 4.15. The van der Waals surface area contributed by atoms with E-state index in [4.69, 9.17) is 0 Å². The van der Waals surface area contributed by atoms with Crippen LogP contribution in [0.5, 0.6) is 0 Å². The molecule has 2 aromatic rings. The van der Waals surface area contributed by atoms with Gasteiger partial charge in [-0.25, -0.2) is 0 Å². The summed E-state index contributed by atoms with van der Waals surface area (Å²) in [6.07, 6.45) is 18.0. The Kier molecular flexibility index (Phi) is 13.5. The average molecular weight is 447 g/mol. The first-order valence-corrected chi connectivity index (χ1v) is 11.1. The summed E-state index contributed by atoms with van der Waals surface area (Å²) >= 11 is 0.632. The molecule has 2 aromatic carbocycles. The fourth-order valence-electron chi connectivity index (χ4n) is 2.60. The number of hydrogen-bond acceptors (Lipinski definition) is 0. The van der Waals surface area contributed by atoms with Gasteiger partial charge in [-0.15, -0.1) is 0 Å². The van der Waals surface area contributed by atoms with Gasteiger partial charge in [0.05, 0.1) is 0 Å². The quantitative estimate of drug-likeness (QED) is 0.464. The molecule has 0 saturated carbocycles. The van der Waals surface area contributed by atoms with Gasteiger partial charge in [-0.3, -0.25) is 0 Å². The summed E-state index contributed by atoms with van der Waals surface area (Å²) in [5.41, 5.74) is 2.82. The van der Waals surface area contributed by atoms with E-state index in [2.05, 4.69) is 98.8 Å². The van der Waals surface area contributed by atoms with E-state index in [1.165, 1.54) is 24.0 Å². The van der Waals surface area contributed by atoms with Crippen LogP contribution < -0.4 is 0 Å². The minimum Gasteiger partial charge on any atom is -0.0622 e. The molecule has 0 aliphatic heterocycles. The Morgan fingerprint density at radius 1 is 0.643 bits per heavy atom. The van der Waals surface area contributed by atoms with Gasteiger partial charge in [0.2, 0.25) is 0 Å². The van der Waals surface area contributed by atoms with Crippen LogP contribution in [-0.2, 0) is 45.4 Å². The third-order valence-electron chi connectivity index (χ3n) is 4.24. The molecule has 0 N–H and O–H groups in total. The van der Waals surface area contributed by atoms with Crippen molar-refractivity contribution in [3.63, 3.8) is 0 Å². The maximum atomic E-state index is 2.26. The molecule has 0 nitrogen and oxygen atoms in total. The van der Waals surface area contributed by atoms with Gasteiger partial charge in [-0.1, -0.05) is 74.5 Å². The molecule has 2 aliphatic carbocycles. The molecule has 0 amide bonds. The number of hydrogen-bond donors (Lipinski definition) is 0. The Balaban J connectivity index is 0.000000211. The second kappa shape index (κ2) is 15.4. The van der Waals surface area contributed by atoms with Crippen LogP contribution in [0.2, 0.25) is 0 Å². The van der Waals surface area contributed by atoms with Crippen LogP contribution in [0.15, 0.2) is 106 Å². The second-order valence-electron chi connectivity index (χ2n) is 6.31. The Hall–Kier alpha value is -1.54. The number of benzene rings is 2. The zero-order valence-corrected chi connectivity index (χ0v) is 19.4. The molecule has 4 rings (SSSR count). The van der Waals surface area contributed by atoms with Crippen molar-refractivity contribution in [2.75, 3.05) is 0 Å². The molecule has 146 valence electrons. The van der Waals surface area contributed by atoms with E-state index in [1.54, 1.807) is 8.87 Å². The average Bonchev–Trinajstić information content (AvgIpc) is 3.45. The monoisotopic (exact) mass is 446 g/mol. The molecule has 0 heterocycles. The third-order valence-corrected chi connectivity index (χ3v) is 6.00. The van der Waals surface area contributed by atoms with Gasteiger partial charge < -0.3 is 0 Å². The molecule has 0 fully saturated rings. The molecule has 0 saturated heterocycles. The Morgan fingerprint density at radius 3 is 1.29 bits per heavy atom.